The van der Waals surface area contributed by atoms with E-state index in [1.165, 1.54) is 4.68 Å². The summed E-state index contributed by atoms with van der Waals surface area (Å²) in [4.78, 5) is 25.1. The van der Waals surface area contributed by atoms with E-state index in [1.807, 2.05) is 60.7 Å². The molecule has 6 heteroatoms. The first-order chi connectivity index (χ1) is 12.7. The number of nitrogens with zero attached hydrogens (tertiary/aromatic N) is 3. The van der Waals surface area contributed by atoms with Crippen LogP contribution in [0.15, 0.2) is 65.5 Å². The average Bonchev–Trinajstić information content (AvgIpc) is 3.47. The van der Waals surface area contributed by atoms with Crippen LogP contribution in [0.1, 0.15) is 30.1 Å². The summed E-state index contributed by atoms with van der Waals surface area (Å²) >= 11 is 0. The van der Waals surface area contributed by atoms with E-state index in [9.17, 15) is 9.59 Å². The van der Waals surface area contributed by atoms with Crippen LogP contribution in [-0.2, 0) is 17.9 Å². The van der Waals surface area contributed by atoms with Crippen molar-refractivity contribution in [1.82, 2.24) is 19.7 Å². The van der Waals surface area contributed by atoms with Crippen molar-refractivity contribution in [1.29, 1.82) is 0 Å². The molecule has 2 aromatic carbocycles. The van der Waals surface area contributed by atoms with Crippen LogP contribution in [0.2, 0.25) is 0 Å². The molecule has 1 saturated carbocycles. The van der Waals surface area contributed by atoms with Crippen LogP contribution in [0.25, 0.3) is 5.69 Å². The molecule has 6 nitrogen and oxygen atoms in total. The molecule has 0 aliphatic heterocycles. The standard InChI is InChI=1S/C20H20N4O2/c25-18(21-13-15-7-3-1-4-8-15)14-23-20(26)24(17-9-5-2-6-10-17)19(22-23)16-11-12-16/h1-10,16H,11-14H2,(H,21,25). The van der Waals surface area contributed by atoms with Crippen LogP contribution in [0, 0.1) is 0 Å². The van der Waals surface area contributed by atoms with Crippen LogP contribution in [0.4, 0.5) is 0 Å². The maximum absolute atomic E-state index is 12.8. The number of rotatable bonds is 6. The van der Waals surface area contributed by atoms with Gasteiger partial charge in [0.25, 0.3) is 0 Å². The van der Waals surface area contributed by atoms with Gasteiger partial charge in [-0.15, -0.1) is 0 Å². The van der Waals surface area contributed by atoms with Crippen molar-refractivity contribution in [3.8, 4) is 5.69 Å². The Labute approximate surface area is 151 Å². The molecule has 0 unspecified atom stereocenters. The van der Waals surface area contributed by atoms with Gasteiger partial charge in [-0.3, -0.25) is 4.79 Å². The minimum Gasteiger partial charge on any atom is -0.350 e. The molecule has 3 aromatic rings. The highest BCUT2D eigenvalue weighted by atomic mass is 16.2. The molecule has 0 bridgehead atoms. The Morgan fingerprint density at radius 2 is 1.69 bits per heavy atom. The second kappa shape index (κ2) is 7.00. The molecule has 1 fully saturated rings. The summed E-state index contributed by atoms with van der Waals surface area (Å²) in [6.45, 7) is 0.356. The SMILES string of the molecule is O=C(Cn1nc(C2CC2)n(-c2ccccc2)c1=O)NCc1ccccc1. The van der Waals surface area contributed by atoms with Crippen LogP contribution < -0.4 is 11.0 Å². The highest BCUT2D eigenvalue weighted by Gasteiger charge is 2.31. The van der Waals surface area contributed by atoms with Crippen molar-refractivity contribution in [3.63, 3.8) is 0 Å². The van der Waals surface area contributed by atoms with Gasteiger partial charge in [-0.05, 0) is 30.5 Å². The summed E-state index contributed by atoms with van der Waals surface area (Å²) in [5.74, 6) is 0.824. The molecule has 0 spiro atoms. The second-order valence-electron chi connectivity index (χ2n) is 6.51. The summed E-state index contributed by atoms with van der Waals surface area (Å²) in [7, 11) is 0. The van der Waals surface area contributed by atoms with E-state index in [1.54, 1.807) is 4.57 Å². The molecule has 1 heterocycles. The van der Waals surface area contributed by atoms with Crippen LogP contribution in [-0.4, -0.2) is 20.3 Å². The number of nitrogens with one attached hydrogen (secondary N) is 1. The van der Waals surface area contributed by atoms with Gasteiger partial charge in [0.15, 0.2) is 0 Å². The third-order valence-electron chi connectivity index (χ3n) is 4.45. The van der Waals surface area contributed by atoms with Crippen molar-refractivity contribution < 1.29 is 4.79 Å². The fourth-order valence-electron chi connectivity index (χ4n) is 2.94. The van der Waals surface area contributed by atoms with Crippen molar-refractivity contribution in [2.75, 3.05) is 0 Å². The number of para-hydroxylation sites is 1. The van der Waals surface area contributed by atoms with Gasteiger partial charge in [-0.2, -0.15) is 5.10 Å². The number of carbonyl (C=O) groups is 1. The van der Waals surface area contributed by atoms with Crippen molar-refractivity contribution in [2.24, 2.45) is 0 Å². The molecule has 1 aliphatic rings. The number of hydrogen-bond donors (Lipinski definition) is 1. The molecule has 0 atom stereocenters. The van der Waals surface area contributed by atoms with Gasteiger partial charge in [0.2, 0.25) is 5.91 Å². The third kappa shape index (κ3) is 3.44. The molecule has 1 aliphatic carbocycles. The maximum atomic E-state index is 12.8. The van der Waals surface area contributed by atoms with E-state index in [-0.39, 0.29) is 18.1 Å². The van der Waals surface area contributed by atoms with E-state index < -0.39 is 0 Å². The lowest BCUT2D eigenvalue weighted by Crippen LogP contribution is -2.33. The predicted molar refractivity (Wildman–Crippen MR) is 98.1 cm³/mol. The van der Waals surface area contributed by atoms with Crippen molar-refractivity contribution in [3.05, 3.63) is 82.5 Å². The normalized spacial score (nSPS) is 13.5. The van der Waals surface area contributed by atoms with E-state index in [0.29, 0.717) is 12.5 Å². The number of amides is 1. The average molecular weight is 348 g/mol. The largest absolute Gasteiger partial charge is 0.351 e. The monoisotopic (exact) mass is 348 g/mol. The van der Waals surface area contributed by atoms with Crippen molar-refractivity contribution >= 4 is 5.91 Å². The van der Waals surface area contributed by atoms with Gasteiger partial charge >= 0.3 is 5.69 Å². The van der Waals surface area contributed by atoms with E-state index in [4.69, 9.17) is 0 Å². The Balaban J connectivity index is 1.54. The van der Waals surface area contributed by atoms with Crippen LogP contribution >= 0.6 is 0 Å². The zero-order valence-electron chi connectivity index (χ0n) is 14.3. The second-order valence-corrected chi connectivity index (χ2v) is 6.51. The summed E-state index contributed by atoms with van der Waals surface area (Å²) < 4.78 is 2.89. The van der Waals surface area contributed by atoms with Gasteiger partial charge < -0.3 is 5.32 Å². The highest BCUT2D eigenvalue weighted by molar-refractivity contribution is 5.75. The van der Waals surface area contributed by atoms with Crippen LogP contribution in [0.3, 0.4) is 0 Å². The Hall–Kier alpha value is -3.15. The Bertz CT molecular complexity index is 956. The number of aromatic nitrogens is 3. The lowest BCUT2D eigenvalue weighted by atomic mass is 10.2. The highest BCUT2D eigenvalue weighted by Crippen LogP contribution is 2.39. The summed E-state index contributed by atoms with van der Waals surface area (Å²) in [5.41, 5.74) is 1.53. The summed E-state index contributed by atoms with van der Waals surface area (Å²) in [6.07, 6.45) is 2.06. The molecule has 1 aromatic heterocycles. The quantitative estimate of drug-likeness (QED) is 0.743. The van der Waals surface area contributed by atoms with E-state index >= 15 is 0 Å². The maximum Gasteiger partial charge on any atom is 0.351 e. The molecule has 1 amide bonds. The van der Waals surface area contributed by atoms with Gasteiger partial charge in [-0.25, -0.2) is 14.0 Å². The zero-order chi connectivity index (χ0) is 17.9. The molecular formula is C20H20N4O2. The Morgan fingerprint density at radius 1 is 1.04 bits per heavy atom. The molecule has 1 N–H and O–H groups in total. The molecule has 0 radical (unpaired) electrons. The molecule has 4 rings (SSSR count). The number of carbonyl (C=O) groups excluding carboxylic acids is 1. The fraction of sp³-hybridized carbons (Fsp3) is 0.250. The Kier molecular flexibility index (Phi) is 4.39. The van der Waals surface area contributed by atoms with Crippen molar-refractivity contribution in [2.45, 2.75) is 31.8 Å². The minimum absolute atomic E-state index is 0.0782. The number of hydrogen-bond acceptors (Lipinski definition) is 3. The van der Waals surface area contributed by atoms with Gasteiger partial charge in [0, 0.05) is 12.5 Å². The predicted octanol–water partition coefficient (Wildman–Crippen LogP) is 2.23. The summed E-state index contributed by atoms with van der Waals surface area (Å²) in [6, 6.07) is 19.1. The third-order valence-corrected chi connectivity index (χ3v) is 4.45. The van der Waals surface area contributed by atoms with E-state index in [0.717, 1.165) is 29.9 Å². The smallest absolute Gasteiger partial charge is 0.350 e. The van der Waals surface area contributed by atoms with Gasteiger partial charge in [0.1, 0.15) is 12.4 Å². The Morgan fingerprint density at radius 3 is 2.35 bits per heavy atom. The molecule has 132 valence electrons. The topological polar surface area (TPSA) is 68.9 Å². The first-order valence-electron chi connectivity index (χ1n) is 8.78. The first kappa shape index (κ1) is 16.3. The van der Waals surface area contributed by atoms with Gasteiger partial charge in [0.05, 0.1) is 5.69 Å². The molecular weight excluding hydrogens is 328 g/mol. The molecule has 26 heavy (non-hydrogen) atoms. The van der Waals surface area contributed by atoms with Gasteiger partial charge in [-0.1, -0.05) is 48.5 Å². The number of benzene rings is 2. The van der Waals surface area contributed by atoms with Crippen LogP contribution in [0.5, 0.6) is 0 Å². The zero-order valence-corrected chi connectivity index (χ0v) is 14.3. The van der Waals surface area contributed by atoms with E-state index in [2.05, 4.69) is 10.4 Å². The molecule has 0 saturated heterocycles. The summed E-state index contributed by atoms with van der Waals surface area (Å²) in [5, 5.41) is 7.29. The fourth-order valence-corrected chi connectivity index (χ4v) is 2.94. The lowest BCUT2D eigenvalue weighted by Gasteiger charge is -2.05. The lowest BCUT2D eigenvalue weighted by molar-refractivity contribution is -0.122. The first-order valence-corrected chi connectivity index (χ1v) is 8.78. The minimum atomic E-state index is -0.270.